The Morgan fingerprint density at radius 3 is 3.00 bits per heavy atom. The van der Waals surface area contributed by atoms with Gasteiger partial charge in [0.05, 0.1) is 4.92 Å². The third-order valence-corrected chi connectivity index (χ3v) is 1.61. The summed E-state index contributed by atoms with van der Waals surface area (Å²) in [6.45, 7) is 0. The van der Waals surface area contributed by atoms with E-state index in [-0.39, 0.29) is 11.2 Å². The van der Waals surface area contributed by atoms with Crippen LogP contribution in [0.25, 0.3) is 5.52 Å². The first-order valence-electron chi connectivity index (χ1n) is 3.39. The predicted octanol–water partition coefficient (Wildman–Crippen LogP) is -0.0692. The highest BCUT2D eigenvalue weighted by molar-refractivity contribution is 5.52. The predicted molar refractivity (Wildman–Crippen MR) is 42.5 cm³/mol. The van der Waals surface area contributed by atoms with Gasteiger partial charge in [0.2, 0.25) is 0 Å². The van der Waals surface area contributed by atoms with Crippen molar-refractivity contribution in [1.29, 1.82) is 0 Å². The molecule has 0 aliphatic rings. The van der Waals surface area contributed by atoms with Crippen molar-refractivity contribution in [1.82, 2.24) is 14.6 Å². The minimum Gasteiger partial charge on any atom is -0.310 e. The SMILES string of the molecule is O=c1[nH]cnn2cc([N+](=O)[O-])cc12. The molecule has 2 heterocycles. The highest BCUT2D eigenvalue weighted by Crippen LogP contribution is 2.12. The van der Waals surface area contributed by atoms with Crippen molar-refractivity contribution < 1.29 is 4.92 Å². The fourth-order valence-corrected chi connectivity index (χ4v) is 1.03. The first-order chi connectivity index (χ1) is 6.18. The Morgan fingerprint density at radius 2 is 2.38 bits per heavy atom. The van der Waals surface area contributed by atoms with Gasteiger partial charge in [-0.3, -0.25) is 14.9 Å². The summed E-state index contributed by atoms with van der Waals surface area (Å²) in [5, 5.41) is 14.0. The first-order valence-corrected chi connectivity index (χ1v) is 3.39. The Labute approximate surface area is 70.8 Å². The van der Waals surface area contributed by atoms with Crippen LogP contribution in [-0.2, 0) is 0 Å². The molecule has 66 valence electrons. The number of fused-ring (bicyclic) bond motifs is 1. The maximum atomic E-state index is 11.1. The lowest BCUT2D eigenvalue weighted by Crippen LogP contribution is -2.09. The van der Waals surface area contributed by atoms with Gasteiger partial charge in [-0.25, -0.2) is 4.52 Å². The van der Waals surface area contributed by atoms with E-state index in [1.54, 1.807) is 0 Å². The van der Waals surface area contributed by atoms with E-state index in [0.717, 1.165) is 4.52 Å². The van der Waals surface area contributed by atoms with E-state index in [1.165, 1.54) is 18.6 Å². The third-order valence-electron chi connectivity index (χ3n) is 1.61. The molecule has 0 saturated heterocycles. The number of rotatable bonds is 1. The normalized spacial score (nSPS) is 10.5. The molecule has 0 bridgehead atoms. The standard InChI is InChI=1S/C6H4N4O3/c11-6-5-1-4(10(12)13)2-9(5)8-3-7-6/h1-3H,(H,7,8,11). The molecule has 1 N–H and O–H groups in total. The summed E-state index contributed by atoms with van der Waals surface area (Å²) in [5.41, 5.74) is -0.387. The van der Waals surface area contributed by atoms with Crippen molar-refractivity contribution in [3.8, 4) is 0 Å². The third kappa shape index (κ3) is 1.06. The van der Waals surface area contributed by atoms with Crippen molar-refractivity contribution in [3.63, 3.8) is 0 Å². The maximum Gasteiger partial charge on any atom is 0.289 e. The zero-order chi connectivity index (χ0) is 9.42. The second-order valence-corrected chi connectivity index (χ2v) is 2.40. The van der Waals surface area contributed by atoms with E-state index >= 15 is 0 Å². The molecule has 0 saturated carbocycles. The highest BCUT2D eigenvalue weighted by Gasteiger charge is 2.11. The van der Waals surface area contributed by atoms with E-state index in [9.17, 15) is 14.9 Å². The van der Waals surface area contributed by atoms with E-state index in [2.05, 4.69) is 10.1 Å². The molecular formula is C6H4N4O3. The van der Waals surface area contributed by atoms with Crippen molar-refractivity contribution in [2.24, 2.45) is 0 Å². The largest absolute Gasteiger partial charge is 0.310 e. The topological polar surface area (TPSA) is 93.3 Å². The number of nitrogens with one attached hydrogen (secondary N) is 1. The van der Waals surface area contributed by atoms with Crippen LogP contribution >= 0.6 is 0 Å². The molecule has 13 heavy (non-hydrogen) atoms. The van der Waals surface area contributed by atoms with Crippen molar-refractivity contribution in [2.75, 3.05) is 0 Å². The van der Waals surface area contributed by atoms with Crippen LogP contribution in [0.3, 0.4) is 0 Å². The minimum absolute atomic E-state index is 0.149. The lowest BCUT2D eigenvalue weighted by atomic mass is 10.5. The molecule has 0 fully saturated rings. The highest BCUT2D eigenvalue weighted by atomic mass is 16.6. The lowest BCUT2D eigenvalue weighted by molar-refractivity contribution is -0.384. The van der Waals surface area contributed by atoms with Crippen molar-refractivity contribution >= 4 is 11.2 Å². The quantitative estimate of drug-likeness (QED) is 0.491. The van der Waals surface area contributed by atoms with Gasteiger partial charge in [-0.2, -0.15) is 5.10 Å². The number of hydrogen-bond donors (Lipinski definition) is 1. The molecule has 2 rings (SSSR count). The average Bonchev–Trinajstić information content (AvgIpc) is 2.49. The van der Waals surface area contributed by atoms with Crippen LogP contribution in [0.1, 0.15) is 0 Å². The van der Waals surface area contributed by atoms with Gasteiger partial charge in [0, 0.05) is 6.07 Å². The Hall–Kier alpha value is -2.18. The van der Waals surface area contributed by atoms with Gasteiger partial charge in [-0.15, -0.1) is 0 Å². The molecule has 0 unspecified atom stereocenters. The molecule has 0 atom stereocenters. The van der Waals surface area contributed by atoms with Crippen LogP contribution in [0.5, 0.6) is 0 Å². The lowest BCUT2D eigenvalue weighted by Gasteiger charge is -1.86. The fraction of sp³-hybridized carbons (Fsp3) is 0. The van der Waals surface area contributed by atoms with Gasteiger partial charge >= 0.3 is 0 Å². The minimum atomic E-state index is -0.575. The van der Waals surface area contributed by atoms with Crippen molar-refractivity contribution in [2.45, 2.75) is 0 Å². The molecule has 2 aromatic heterocycles. The van der Waals surface area contributed by atoms with Gasteiger partial charge in [-0.1, -0.05) is 0 Å². The second kappa shape index (κ2) is 2.41. The summed E-state index contributed by atoms with van der Waals surface area (Å²) in [6.07, 6.45) is 2.36. The molecule has 0 spiro atoms. The monoisotopic (exact) mass is 180 g/mol. The van der Waals surface area contributed by atoms with Gasteiger partial charge in [-0.05, 0) is 0 Å². The first kappa shape index (κ1) is 7.47. The van der Waals surface area contributed by atoms with Gasteiger partial charge < -0.3 is 4.98 Å². The molecular weight excluding hydrogens is 176 g/mol. The van der Waals surface area contributed by atoms with Crippen LogP contribution in [0.15, 0.2) is 23.4 Å². The van der Waals surface area contributed by atoms with E-state index in [1.807, 2.05) is 0 Å². The Kier molecular flexibility index (Phi) is 1.38. The Balaban J connectivity index is 2.83. The molecule has 7 heteroatoms. The summed E-state index contributed by atoms with van der Waals surface area (Å²) in [5.74, 6) is 0. The van der Waals surface area contributed by atoms with Crippen LogP contribution in [0.4, 0.5) is 5.69 Å². The van der Waals surface area contributed by atoms with Crippen LogP contribution < -0.4 is 5.56 Å². The number of nitrogens with zero attached hydrogens (tertiary/aromatic N) is 3. The summed E-state index contributed by atoms with van der Waals surface area (Å²) >= 11 is 0. The van der Waals surface area contributed by atoms with E-state index in [4.69, 9.17) is 0 Å². The molecule has 0 aliphatic heterocycles. The number of H-pyrrole nitrogens is 1. The van der Waals surface area contributed by atoms with E-state index in [0.29, 0.717) is 0 Å². The van der Waals surface area contributed by atoms with Gasteiger partial charge in [0.25, 0.3) is 11.2 Å². The summed E-state index contributed by atoms with van der Waals surface area (Å²) in [6, 6.07) is 1.17. The summed E-state index contributed by atoms with van der Waals surface area (Å²) in [7, 11) is 0. The zero-order valence-corrected chi connectivity index (χ0v) is 6.30. The van der Waals surface area contributed by atoms with Crippen molar-refractivity contribution in [3.05, 3.63) is 39.1 Å². The van der Waals surface area contributed by atoms with Crippen LogP contribution in [0.2, 0.25) is 0 Å². The molecule has 7 nitrogen and oxygen atoms in total. The summed E-state index contributed by atoms with van der Waals surface area (Å²) in [4.78, 5) is 23.2. The smallest absolute Gasteiger partial charge is 0.289 e. The number of nitro groups is 1. The van der Waals surface area contributed by atoms with Gasteiger partial charge in [0.15, 0.2) is 0 Å². The maximum absolute atomic E-state index is 11.1. The molecule has 0 aliphatic carbocycles. The van der Waals surface area contributed by atoms with E-state index < -0.39 is 10.5 Å². The molecule has 2 aromatic rings. The number of aromatic nitrogens is 3. The Morgan fingerprint density at radius 1 is 1.62 bits per heavy atom. The average molecular weight is 180 g/mol. The molecule has 0 radical (unpaired) electrons. The molecule has 0 aromatic carbocycles. The molecule has 0 amide bonds. The second-order valence-electron chi connectivity index (χ2n) is 2.40. The number of aromatic amines is 1. The van der Waals surface area contributed by atoms with Crippen LogP contribution in [-0.4, -0.2) is 19.5 Å². The fourth-order valence-electron chi connectivity index (χ4n) is 1.03. The Bertz CT molecular complexity index is 526. The number of hydrogen-bond acceptors (Lipinski definition) is 4. The van der Waals surface area contributed by atoms with Crippen LogP contribution in [0, 0.1) is 10.1 Å². The zero-order valence-electron chi connectivity index (χ0n) is 6.30. The van der Waals surface area contributed by atoms with Gasteiger partial charge in [0.1, 0.15) is 18.0 Å². The summed E-state index contributed by atoms with van der Waals surface area (Å²) < 4.78 is 1.16.